The van der Waals surface area contributed by atoms with Gasteiger partial charge in [-0.15, -0.1) is 0 Å². The Morgan fingerprint density at radius 3 is 2.67 bits per heavy atom. The number of pyridine rings is 1. The average Bonchev–Trinajstić information content (AvgIpc) is 2.80. The normalized spacial score (nSPS) is 12.0. The third-order valence-corrected chi connectivity index (χ3v) is 2.86. The molecule has 3 rings (SSSR count). The molecule has 0 saturated heterocycles. The SMILES string of the molecule is Fc1cnccc1-c1nc2cc(CC(F)(F)F)ccc2o1. The molecule has 7 heteroatoms. The smallest absolute Gasteiger partial charge is 0.393 e. The third-order valence-electron chi connectivity index (χ3n) is 2.86. The molecule has 0 bridgehead atoms. The van der Waals surface area contributed by atoms with Gasteiger partial charge in [-0.05, 0) is 23.8 Å². The van der Waals surface area contributed by atoms with E-state index in [1.54, 1.807) is 0 Å². The van der Waals surface area contributed by atoms with Gasteiger partial charge in [0.25, 0.3) is 0 Å². The van der Waals surface area contributed by atoms with Gasteiger partial charge in [0.05, 0.1) is 18.2 Å². The molecule has 0 radical (unpaired) electrons. The Morgan fingerprint density at radius 2 is 1.95 bits per heavy atom. The lowest BCUT2D eigenvalue weighted by Crippen LogP contribution is -2.11. The second-order valence-corrected chi connectivity index (χ2v) is 4.47. The summed E-state index contributed by atoms with van der Waals surface area (Å²) in [5.41, 5.74) is 0.735. The van der Waals surface area contributed by atoms with Crippen molar-refractivity contribution in [2.45, 2.75) is 12.6 Å². The number of hydrogen-bond donors (Lipinski definition) is 0. The van der Waals surface area contributed by atoms with Crippen LogP contribution < -0.4 is 0 Å². The number of benzene rings is 1. The highest BCUT2D eigenvalue weighted by molar-refractivity contribution is 5.77. The van der Waals surface area contributed by atoms with Gasteiger partial charge in [0.2, 0.25) is 5.89 Å². The van der Waals surface area contributed by atoms with Gasteiger partial charge in [-0.1, -0.05) is 6.07 Å². The lowest BCUT2D eigenvalue weighted by molar-refractivity contribution is -0.127. The third kappa shape index (κ3) is 2.86. The predicted molar refractivity (Wildman–Crippen MR) is 67.0 cm³/mol. The summed E-state index contributed by atoms with van der Waals surface area (Å²) in [6, 6.07) is 5.38. The van der Waals surface area contributed by atoms with Crippen LogP contribution in [-0.4, -0.2) is 16.1 Å². The molecule has 1 aromatic carbocycles. The van der Waals surface area contributed by atoms with Gasteiger partial charge in [-0.3, -0.25) is 4.98 Å². The fourth-order valence-electron chi connectivity index (χ4n) is 1.98. The number of nitrogens with zero attached hydrogens (tertiary/aromatic N) is 2. The zero-order chi connectivity index (χ0) is 15.0. The number of halogens is 4. The number of rotatable bonds is 2. The van der Waals surface area contributed by atoms with E-state index in [-0.39, 0.29) is 22.5 Å². The Bertz CT molecular complexity index is 795. The maximum absolute atomic E-state index is 13.6. The van der Waals surface area contributed by atoms with Crippen LogP contribution in [0.1, 0.15) is 5.56 Å². The second-order valence-electron chi connectivity index (χ2n) is 4.47. The standard InChI is InChI=1S/C14H8F4N2O/c15-10-7-19-4-3-9(10)13-20-11-5-8(6-14(16,17)18)1-2-12(11)21-13/h1-5,7H,6H2. The average molecular weight is 296 g/mol. The summed E-state index contributed by atoms with van der Waals surface area (Å²) in [6.45, 7) is 0. The Morgan fingerprint density at radius 1 is 1.14 bits per heavy atom. The fraction of sp³-hybridized carbons (Fsp3) is 0.143. The van der Waals surface area contributed by atoms with Crippen molar-refractivity contribution in [3.63, 3.8) is 0 Å². The van der Waals surface area contributed by atoms with Crippen molar-refractivity contribution in [2.75, 3.05) is 0 Å². The van der Waals surface area contributed by atoms with Crippen molar-refractivity contribution in [1.82, 2.24) is 9.97 Å². The number of hydrogen-bond acceptors (Lipinski definition) is 3. The van der Waals surface area contributed by atoms with Gasteiger partial charge in [0.15, 0.2) is 11.4 Å². The summed E-state index contributed by atoms with van der Waals surface area (Å²) in [6.07, 6.45) is -2.95. The van der Waals surface area contributed by atoms with Crippen LogP contribution in [0.25, 0.3) is 22.6 Å². The number of alkyl halides is 3. The van der Waals surface area contributed by atoms with Crippen LogP contribution >= 0.6 is 0 Å². The van der Waals surface area contributed by atoms with Crippen LogP contribution in [0.4, 0.5) is 17.6 Å². The second kappa shape index (κ2) is 4.83. The minimum atomic E-state index is -4.29. The van der Waals surface area contributed by atoms with Crippen molar-refractivity contribution in [3.05, 3.63) is 48.0 Å². The van der Waals surface area contributed by atoms with Crippen molar-refractivity contribution in [3.8, 4) is 11.5 Å². The Labute approximate surface area is 116 Å². The molecule has 0 spiro atoms. The Hall–Kier alpha value is -2.44. The van der Waals surface area contributed by atoms with Crippen molar-refractivity contribution in [2.24, 2.45) is 0 Å². The summed E-state index contributed by atoms with van der Waals surface area (Å²) in [4.78, 5) is 7.64. The molecule has 0 aliphatic carbocycles. The van der Waals surface area contributed by atoms with Gasteiger partial charge in [-0.2, -0.15) is 13.2 Å². The summed E-state index contributed by atoms with van der Waals surface area (Å²) in [5.74, 6) is -0.603. The minimum absolute atomic E-state index is 0.00839. The summed E-state index contributed by atoms with van der Waals surface area (Å²) >= 11 is 0. The van der Waals surface area contributed by atoms with Crippen LogP contribution in [0.5, 0.6) is 0 Å². The summed E-state index contributed by atoms with van der Waals surface area (Å²) in [5, 5.41) is 0. The van der Waals surface area contributed by atoms with E-state index in [2.05, 4.69) is 9.97 Å². The maximum Gasteiger partial charge on any atom is 0.393 e. The van der Waals surface area contributed by atoms with E-state index >= 15 is 0 Å². The van der Waals surface area contributed by atoms with Gasteiger partial charge >= 0.3 is 6.18 Å². The quantitative estimate of drug-likeness (QED) is 0.667. The van der Waals surface area contributed by atoms with E-state index in [1.807, 2.05) is 0 Å². The van der Waals surface area contributed by atoms with E-state index in [1.165, 1.54) is 30.5 Å². The largest absolute Gasteiger partial charge is 0.436 e. The molecule has 108 valence electrons. The van der Waals surface area contributed by atoms with E-state index in [4.69, 9.17) is 4.42 Å². The first-order valence-electron chi connectivity index (χ1n) is 5.98. The van der Waals surface area contributed by atoms with Crippen LogP contribution in [0.15, 0.2) is 41.1 Å². The molecule has 2 heterocycles. The van der Waals surface area contributed by atoms with Crippen LogP contribution in [0.3, 0.4) is 0 Å². The van der Waals surface area contributed by atoms with Gasteiger partial charge in [0, 0.05) is 6.20 Å². The van der Waals surface area contributed by atoms with Crippen LogP contribution in [0, 0.1) is 5.82 Å². The first-order valence-corrected chi connectivity index (χ1v) is 5.98. The van der Waals surface area contributed by atoms with E-state index in [0.29, 0.717) is 5.58 Å². The first-order chi connectivity index (χ1) is 9.92. The molecule has 2 aromatic heterocycles. The maximum atomic E-state index is 13.6. The molecule has 0 N–H and O–H groups in total. The summed E-state index contributed by atoms with van der Waals surface area (Å²) < 4.78 is 56.0. The van der Waals surface area contributed by atoms with Crippen molar-refractivity contribution >= 4 is 11.1 Å². The van der Waals surface area contributed by atoms with E-state index in [9.17, 15) is 17.6 Å². The number of oxazole rings is 1. The molecule has 3 nitrogen and oxygen atoms in total. The van der Waals surface area contributed by atoms with E-state index in [0.717, 1.165) is 6.20 Å². The van der Waals surface area contributed by atoms with Gasteiger partial charge < -0.3 is 4.42 Å². The Kier molecular flexibility index (Phi) is 3.12. The minimum Gasteiger partial charge on any atom is -0.436 e. The van der Waals surface area contributed by atoms with Crippen molar-refractivity contribution in [1.29, 1.82) is 0 Å². The predicted octanol–water partition coefficient (Wildman–Crippen LogP) is 4.13. The first kappa shape index (κ1) is 13.5. The molecular formula is C14H8F4N2O. The van der Waals surface area contributed by atoms with Gasteiger partial charge in [0.1, 0.15) is 5.52 Å². The lowest BCUT2D eigenvalue weighted by Gasteiger charge is -2.05. The van der Waals surface area contributed by atoms with Crippen LogP contribution in [0.2, 0.25) is 0 Å². The molecule has 21 heavy (non-hydrogen) atoms. The number of aromatic nitrogens is 2. The highest BCUT2D eigenvalue weighted by Crippen LogP contribution is 2.28. The topological polar surface area (TPSA) is 38.9 Å². The molecule has 0 unspecified atom stereocenters. The molecule has 3 aromatic rings. The molecular weight excluding hydrogens is 288 g/mol. The highest BCUT2D eigenvalue weighted by Gasteiger charge is 2.27. The monoisotopic (exact) mass is 296 g/mol. The molecule has 0 aliphatic rings. The summed E-state index contributed by atoms with van der Waals surface area (Å²) in [7, 11) is 0. The van der Waals surface area contributed by atoms with E-state index < -0.39 is 18.4 Å². The van der Waals surface area contributed by atoms with Crippen molar-refractivity contribution < 1.29 is 22.0 Å². The Balaban J connectivity index is 2.03. The molecule has 0 aliphatic heterocycles. The zero-order valence-electron chi connectivity index (χ0n) is 10.5. The fourth-order valence-corrected chi connectivity index (χ4v) is 1.98. The lowest BCUT2D eigenvalue weighted by atomic mass is 10.1. The zero-order valence-corrected chi connectivity index (χ0v) is 10.5. The molecule has 0 saturated carbocycles. The highest BCUT2D eigenvalue weighted by atomic mass is 19.4. The van der Waals surface area contributed by atoms with Gasteiger partial charge in [-0.25, -0.2) is 9.37 Å². The molecule has 0 amide bonds. The van der Waals surface area contributed by atoms with Crippen LogP contribution in [-0.2, 0) is 6.42 Å². The number of fused-ring (bicyclic) bond motifs is 1. The molecule has 0 fully saturated rings. The molecule has 0 atom stereocenters.